The number of likely N-dealkylation sites (tertiary alicyclic amines) is 1. The van der Waals surface area contributed by atoms with E-state index in [0.29, 0.717) is 116 Å². The van der Waals surface area contributed by atoms with Crippen LogP contribution in [-0.2, 0) is 41.7 Å². The van der Waals surface area contributed by atoms with Crippen LogP contribution < -0.4 is 35.5 Å². The van der Waals surface area contributed by atoms with Gasteiger partial charge in [-0.15, -0.1) is 0 Å². The minimum atomic E-state index is -1.50. The minimum absolute atomic E-state index is 0.0291. The first kappa shape index (κ1) is 65.9. The number of imide groups is 1. The van der Waals surface area contributed by atoms with Crippen molar-refractivity contribution in [3.05, 3.63) is 101 Å². The van der Waals surface area contributed by atoms with Crippen LogP contribution in [0.1, 0.15) is 135 Å². The van der Waals surface area contributed by atoms with E-state index in [2.05, 4.69) is 28.8 Å². The van der Waals surface area contributed by atoms with E-state index in [1.165, 1.54) is 28.7 Å². The number of unbranched alkanes of at least 4 members (excludes halogenated alkanes) is 4. The van der Waals surface area contributed by atoms with Gasteiger partial charge in [-0.3, -0.25) is 43.5 Å². The van der Waals surface area contributed by atoms with Gasteiger partial charge >= 0.3 is 12.1 Å². The number of methoxy groups -OCH3 is 1. The smallest absolute Gasteiger partial charge is 0.416 e. The van der Waals surface area contributed by atoms with Gasteiger partial charge < -0.3 is 50.2 Å². The number of nitrogens with two attached hydrogens (primary N) is 1. The molecule has 5 aliphatic rings. The highest BCUT2D eigenvalue weighted by Crippen LogP contribution is 2.41. The minimum Gasteiger partial charge on any atom is -0.493 e. The lowest BCUT2D eigenvalue weighted by atomic mass is 9.88. The first-order chi connectivity index (χ1) is 42.1. The highest BCUT2D eigenvalue weighted by atomic mass is 32.2. The number of aliphatic hydroxyl groups is 1. The van der Waals surface area contributed by atoms with Gasteiger partial charge in [0.05, 0.1) is 66.2 Å². The molecule has 0 radical (unpaired) electrons. The number of amides is 8. The van der Waals surface area contributed by atoms with E-state index in [-0.39, 0.29) is 122 Å². The molecule has 472 valence electrons. The number of aryl methyl sites for hydroxylation is 1. The van der Waals surface area contributed by atoms with Crippen molar-refractivity contribution < 1.29 is 67.2 Å². The molecule has 5 aliphatic heterocycles. The Morgan fingerprint density at radius 2 is 1.50 bits per heavy atom. The largest absolute Gasteiger partial charge is 0.493 e. The molecule has 88 heavy (non-hydrogen) atoms. The number of benzene rings is 3. The van der Waals surface area contributed by atoms with Gasteiger partial charge in [0.1, 0.15) is 18.1 Å². The zero-order chi connectivity index (χ0) is 63.3. The summed E-state index contributed by atoms with van der Waals surface area (Å²) >= 11 is 1.36. The summed E-state index contributed by atoms with van der Waals surface area (Å²) in [7, 11) is 1.52. The summed E-state index contributed by atoms with van der Waals surface area (Å²) in [6.45, 7) is 15.2. The van der Waals surface area contributed by atoms with E-state index in [9.17, 15) is 48.3 Å². The zero-order valence-corrected chi connectivity index (χ0v) is 51.8. The van der Waals surface area contributed by atoms with Crippen molar-refractivity contribution >= 4 is 82.6 Å². The second kappa shape index (κ2) is 30.2. The van der Waals surface area contributed by atoms with E-state index in [4.69, 9.17) is 24.7 Å². The second-order valence-electron chi connectivity index (χ2n) is 23.6. The van der Waals surface area contributed by atoms with Crippen LogP contribution in [0.3, 0.4) is 0 Å². The number of fused-ring (bicyclic) bond motifs is 4. The molecule has 5 heterocycles. The number of hydrogen-bond donors (Lipinski definition) is 4. The van der Waals surface area contributed by atoms with E-state index in [0.717, 1.165) is 22.5 Å². The topological polar surface area (TPSA) is 286 Å². The Morgan fingerprint density at radius 1 is 0.818 bits per heavy atom. The summed E-state index contributed by atoms with van der Waals surface area (Å²) in [6, 6.07) is 10.8. The van der Waals surface area contributed by atoms with E-state index >= 15 is 0 Å². The summed E-state index contributed by atoms with van der Waals surface area (Å²) in [5.74, 6) is -1.35. The van der Waals surface area contributed by atoms with Gasteiger partial charge in [-0.2, -0.15) is 11.8 Å². The van der Waals surface area contributed by atoms with Crippen LogP contribution in [-0.4, -0.2) is 162 Å². The molecule has 0 aliphatic carbocycles. The highest BCUT2D eigenvalue weighted by molar-refractivity contribution is 8.00. The number of aliphatic imine (C=N–C) groups is 1. The molecular weight excluding hydrogens is 1150 g/mol. The van der Waals surface area contributed by atoms with E-state index < -0.39 is 42.3 Å². The molecule has 1 unspecified atom stereocenters. The molecule has 3 saturated heterocycles. The number of urea groups is 1. The molecule has 0 bridgehead atoms. The number of ether oxygens (including phenoxy) is 4. The van der Waals surface area contributed by atoms with E-state index in [1.54, 1.807) is 72.8 Å². The van der Waals surface area contributed by atoms with Gasteiger partial charge in [0.2, 0.25) is 17.7 Å². The summed E-state index contributed by atoms with van der Waals surface area (Å²) in [5, 5.41) is 17.0. The van der Waals surface area contributed by atoms with Gasteiger partial charge in [0, 0.05) is 76.1 Å². The second-order valence-corrected chi connectivity index (χ2v) is 24.6. The maximum Gasteiger partial charge on any atom is 0.416 e. The number of thioether (sulfide) groups is 1. The average molecular weight is 1230 g/mol. The van der Waals surface area contributed by atoms with Crippen molar-refractivity contribution in [3.8, 4) is 17.2 Å². The van der Waals surface area contributed by atoms with Gasteiger partial charge in [0.15, 0.2) is 23.5 Å². The van der Waals surface area contributed by atoms with Crippen LogP contribution in [0.2, 0.25) is 0 Å². The standard InChI is InChI=1S/C65H82N8O14S/c1-38(2)46(29-45(74)15-10-8-11-22-70-58(76)33-57(88-7)63(70)81)59(77)69-49(16-14-21-67-64(66)82)53(75)28-42-17-19-43(20-18-42)37-87-65(83)73-51-32-54(41(5)27-48(51)61(79)72-36-40(4)26-52(72)62(73)80)85-23-12-9-13-24-86-56-31-50-47(30-55(56)84-6)60(78)71-35-39(3)25-44(71)34-68-50/h17-20,27,30-32,34,38,44,46,49,52,57,62,80H,3-4,8-16,21-26,28-29,33,35-37H2,1-2,5-7H3,(H,69,77)(H3,66,67,82)/t44-,46-,49-,52-,57?,62-/m0/s1. The Hall–Kier alpha value is -8.05. The van der Waals surface area contributed by atoms with Crippen molar-refractivity contribution in [2.24, 2.45) is 22.6 Å². The third-order valence-electron chi connectivity index (χ3n) is 16.7. The summed E-state index contributed by atoms with van der Waals surface area (Å²) < 4.78 is 23.9. The fourth-order valence-corrected chi connectivity index (χ4v) is 12.4. The van der Waals surface area contributed by atoms with Crippen LogP contribution in [0.4, 0.5) is 21.0 Å². The molecule has 3 fully saturated rings. The Balaban J connectivity index is 0.848. The predicted octanol–water partition coefficient (Wildman–Crippen LogP) is 7.69. The predicted molar refractivity (Wildman–Crippen MR) is 332 cm³/mol. The molecule has 0 saturated carbocycles. The zero-order valence-electron chi connectivity index (χ0n) is 51.0. The Kier molecular flexibility index (Phi) is 22.7. The molecule has 8 rings (SSSR count). The maximum atomic E-state index is 14.3. The number of hydrogen-bond acceptors (Lipinski definition) is 16. The van der Waals surface area contributed by atoms with Crippen LogP contribution in [0.15, 0.2) is 77.8 Å². The van der Waals surface area contributed by atoms with Crippen molar-refractivity contribution in [2.45, 2.75) is 147 Å². The van der Waals surface area contributed by atoms with Crippen LogP contribution in [0, 0.1) is 18.8 Å². The number of carbonyl (C=O) groups is 9. The molecular formula is C65H82N8O14S. The van der Waals surface area contributed by atoms with Gasteiger partial charge in [-0.1, -0.05) is 68.8 Å². The third-order valence-corrected chi connectivity index (χ3v) is 17.7. The Labute approximate surface area is 517 Å². The van der Waals surface area contributed by atoms with Gasteiger partial charge in [0.25, 0.3) is 11.8 Å². The number of carbonyl (C=O) groups excluding carboxylic acids is 9. The number of nitrogens with one attached hydrogen (secondary N) is 2. The van der Waals surface area contributed by atoms with Crippen molar-refractivity contribution in [3.63, 3.8) is 0 Å². The SMILES string of the molecule is C=C1C[C@H]2C=Nc3cc(OCCCCCOc4cc5c(cc4C)C(=O)N4CC(=C)C[C@H]4[C@H](O)N5C(=O)OCc4ccc(CC(=O)[C@H](CCCNC(N)=O)NC(=O)[C@@H](CC(=O)CCCCCN5C(=O)CC(SC)C5=O)C(C)C)cc4)c(OC)cc3C(=O)N2C1. The van der Waals surface area contributed by atoms with Crippen LogP contribution >= 0.6 is 11.8 Å². The van der Waals surface area contributed by atoms with Gasteiger partial charge in [-0.05, 0) is 106 Å². The lowest BCUT2D eigenvalue weighted by Gasteiger charge is -2.31. The number of Topliss-reactive ketones (excluding diaryl/α,β-unsaturated/α-hetero) is 2. The molecule has 6 atom stereocenters. The number of anilines is 1. The fraction of sp³-hybridized carbons (Fsp3) is 0.508. The monoisotopic (exact) mass is 1230 g/mol. The van der Waals surface area contributed by atoms with Crippen molar-refractivity contribution in [1.29, 1.82) is 0 Å². The Bertz CT molecular complexity index is 3200. The molecule has 5 N–H and O–H groups in total. The lowest BCUT2D eigenvalue weighted by molar-refractivity contribution is -0.138. The quantitative estimate of drug-likeness (QED) is 0.0283. The number of aliphatic hydroxyl groups excluding tert-OH is 1. The maximum absolute atomic E-state index is 14.3. The van der Waals surface area contributed by atoms with Gasteiger partial charge in [-0.25, -0.2) is 14.5 Å². The number of primary amides is 1. The normalized spacial score (nSPS) is 19.4. The summed E-state index contributed by atoms with van der Waals surface area (Å²) in [5.41, 5.74) is 10.1. The Morgan fingerprint density at radius 3 is 2.19 bits per heavy atom. The van der Waals surface area contributed by atoms with Crippen LogP contribution in [0.25, 0.3) is 0 Å². The van der Waals surface area contributed by atoms with Crippen molar-refractivity contribution in [1.82, 2.24) is 25.3 Å². The lowest BCUT2D eigenvalue weighted by Crippen LogP contribution is -2.50. The van der Waals surface area contributed by atoms with Crippen LogP contribution in [0.5, 0.6) is 17.2 Å². The van der Waals surface area contributed by atoms with Crippen molar-refractivity contribution in [2.75, 3.05) is 57.7 Å². The molecule has 0 aromatic heterocycles. The molecule has 8 amide bonds. The summed E-state index contributed by atoms with van der Waals surface area (Å²) in [4.78, 5) is 129. The molecule has 3 aromatic carbocycles. The number of ketones is 2. The molecule has 0 spiro atoms. The third kappa shape index (κ3) is 16.2. The fourth-order valence-electron chi connectivity index (χ4n) is 11.8. The number of rotatable bonds is 30. The first-order valence-corrected chi connectivity index (χ1v) is 31.5. The average Bonchev–Trinajstić information content (AvgIpc) is 1.65. The number of nitrogens with zero attached hydrogens (tertiary/aromatic N) is 5. The molecule has 22 nitrogen and oxygen atoms in total. The van der Waals surface area contributed by atoms with E-state index in [1.807, 2.05) is 13.8 Å². The highest BCUT2D eigenvalue weighted by Gasteiger charge is 2.46. The first-order valence-electron chi connectivity index (χ1n) is 30.2. The molecule has 23 heteroatoms. The molecule has 3 aromatic rings. The summed E-state index contributed by atoms with van der Waals surface area (Å²) in [6.07, 6.45) is 6.69.